The molecule has 0 aliphatic rings. The quantitative estimate of drug-likeness (QED) is 0.716. The standard InChI is InChI=1S/C16H19N3O2/c1-4-5-13-6-7-15(20-13)16-17-8-9-19(16)10-14-11(2)18-21-12(14)3/h6-9H,4-5,10H2,1-3H3. The molecule has 0 amide bonds. The molecule has 0 bridgehead atoms. The third-order valence-electron chi connectivity index (χ3n) is 3.60. The minimum Gasteiger partial charge on any atom is -0.458 e. The van der Waals surface area contributed by atoms with Crippen molar-refractivity contribution in [1.82, 2.24) is 14.7 Å². The number of furan rings is 1. The van der Waals surface area contributed by atoms with Crippen molar-refractivity contribution in [2.24, 2.45) is 0 Å². The maximum atomic E-state index is 5.87. The molecular formula is C16H19N3O2. The van der Waals surface area contributed by atoms with Crippen LogP contribution in [0.4, 0.5) is 0 Å². The molecule has 0 spiro atoms. The van der Waals surface area contributed by atoms with E-state index in [2.05, 4.69) is 21.6 Å². The minimum absolute atomic E-state index is 0.681. The predicted octanol–water partition coefficient (Wildman–Crippen LogP) is 3.75. The Kier molecular flexibility index (Phi) is 3.64. The summed E-state index contributed by atoms with van der Waals surface area (Å²) >= 11 is 0. The first-order valence-electron chi connectivity index (χ1n) is 7.21. The fraction of sp³-hybridized carbons (Fsp3) is 0.375. The van der Waals surface area contributed by atoms with Gasteiger partial charge >= 0.3 is 0 Å². The van der Waals surface area contributed by atoms with E-state index in [0.29, 0.717) is 6.54 Å². The molecule has 0 radical (unpaired) electrons. The van der Waals surface area contributed by atoms with Crippen molar-refractivity contribution in [3.05, 3.63) is 47.3 Å². The second kappa shape index (κ2) is 5.60. The van der Waals surface area contributed by atoms with Gasteiger partial charge in [-0.2, -0.15) is 0 Å². The molecule has 0 aliphatic heterocycles. The number of nitrogens with zero attached hydrogens (tertiary/aromatic N) is 3. The summed E-state index contributed by atoms with van der Waals surface area (Å²) in [6.45, 7) is 6.70. The summed E-state index contributed by atoms with van der Waals surface area (Å²) < 4.78 is 13.1. The van der Waals surface area contributed by atoms with E-state index in [9.17, 15) is 0 Å². The van der Waals surface area contributed by atoms with Crippen LogP contribution in [0.3, 0.4) is 0 Å². The molecule has 0 aliphatic carbocycles. The molecule has 3 aromatic heterocycles. The third-order valence-corrected chi connectivity index (χ3v) is 3.60. The van der Waals surface area contributed by atoms with E-state index < -0.39 is 0 Å². The van der Waals surface area contributed by atoms with E-state index in [4.69, 9.17) is 8.94 Å². The van der Waals surface area contributed by atoms with Gasteiger partial charge in [-0.25, -0.2) is 4.98 Å². The highest BCUT2D eigenvalue weighted by Gasteiger charge is 2.15. The lowest BCUT2D eigenvalue weighted by Crippen LogP contribution is -2.02. The van der Waals surface area contributed by atoms with Gasteiger partial charge in [0.25, 0.3) is 0 Å². The summed E-state index contributed by atoms with van der Waals surface area (Å²) in [5.41, 5.74) is 2.01. The smallest absolute Gasteiger partial charge is 0.176 e. The maximum Gasteiger partial charge on any atom is 0.176 e. The van der Waals surface area contributed by atoms with Gasteiger partial charge in [0.05, 0.1) is 12.2 Å². The normalized spacial score (nSPS) is 11.2. The number of rotatable bonds is 5. The number of hydrogen-bond donors (Lipinski definition) is 0. The van der Waals surface area contributed by atoms with Crippen molar-refractivity contribution in [2.75, 3.05) is 0 Å². The van der Waals surface area contributed by atoms with E-state index in [1.54, 1.807) is 6.20 Å². The van der Waals surface area contributed by atoms with Gasteiger partial charge in [-0.1, -0.05) is 12.1 Å². The number of imidazole rings is 1. The fourth-order valence-electron chi connectivity index (χ4n) is 2.44. The molecule has 5 nitrogen and oxygen atoms in total. The highest BCUT2D eigenvalue weighted by Crippen LogP contribution is 2.23. The topological polar surface area (TPSA) is 57.0 Å². The fourth-order valence-corrected chi connectivity index (χ4v) is 2.44. The summed E-state index contributed by atoms with van der Waals surface area (Å²) in [6.07, 6.45) is 5.75. The summed E-state index contributed by atoms with van der Waals surface area (Å²) in [6, 6.07) is 4.00. The van der Waals surface area contributed by atoms with Crippen LogP contribution in [0, 0.1) is 13.8 Å². The highest BCUT2D eigenvalue weighted by atomic mass is 16.5. The molecule has 0 saturated carbocycles. The first kappa shape index (κ1) is 13.7. The lowest BCUT2D eigenvalue weighted by atomic mass is 10.2. The van der Waals surface area contributed by atoms with Gasteiger partial charge in [0.2, 0.25) is 0 Å². The van der Waals surface area contributed by atoms with E-state index >= 15 is 0 Å². The number of aryl methyl sites for hydroxylation is 3. The zero-order valence-electron chi connectivity index (χ0n) is 12.6. The molecule has 0 unspecified atom stereocenters. The first-order chi connectivity index (χ1) is 10.2. The van der Waals surface area contributed by atoms with Crippen LogP contribution in [0.25, 0.3) is 11.6 Å². The number of aromatic nitrogens is 3. The van der Waals surface area contributed by atoms with Crippen LogP contribution in [0.5, 0.6) is 0 Å². The molecular weight excluding hydrogens is 266 g/mol. The maximum absolute atomic E-state index is 5.87. The molecule has 0 saturated heterocycles. The Balaban J connectivity index is 1.90. The monoisotopic (exact) mass is 285 g/mol. The molecule has 0 fully saturated rings. The molecule has 3 aromatic rings. The van der Waals surface area contributed by atoms with Crippen LogP contribution < -0.4 is 0 Å². The molecule has 3 rings (SSSR count). The van der Waals surface area contributed by atoms with E-state index in [-0.39, 0.29) is 0 Å². The van der Waals surface area contributed by atoms with E-state index in [1.165, 1.54) is 0 Å². The summed E-state index contributed by atoms with van der Waals surface area (Å²) in [5, 5.41) is 4.00. The van der Waals surface area contributed by atoms with Crippen molar-refractivity contribution >= 4 is 0 Å². The van der Waals surface area contributed by atoms with Gasteiger partial charge in [0.1, 0.15) is 11.5 Å². The van der Waals surface area contributed by atoms with Gasteiger partial charge in [-0.15, -0.1) is 0 Å². The largest absolute Gasteiger partial charge is 0.458 e. The molecule has 0 atom stereocenters. The van der Waals surface area contributed by atoms with Crippen LogP contribution in [0.15, 0.2) is 33.5 Å². The third kappa shape index (κ3) is 2.63. The summed E-state index contributed by atoms with van der Waals surface area (Å²) in [7, 11) is 0. The number of hydrogen-bond acceptors (Lipinski definition) is 4. The van der Waals surface area contributed by atoms with Crippen LogP contribution in [0.2, 0.25) is 0 Å². The van der Waals surface area contributed by atoms with Crippen molar-refractivity contribution in [2.45, 2.75) is 40.2 Å². The second-order valence-electron chi connectivity index (χ2n) is 5.20. The summed E-state index contributed by atoms with van der Waals surface area (Å²) in [4.78, 5) is 4.42. The van der Waals surface area contributed by atoms with Gasteiger partial charge in [-0.05, 0) is 32.4 Å². The summed E-state index contributed by atoms with van der Waals surface area (Å²) in [5.74, 6) is 3.48. The second-order valence-corrected chi connectivity index (χ2v) is 5.20. The Morgan fingerprint density at radius 1 is 1.24 bits per heavy atom. The lowest BCUT2D eigenvalue weighted by molar-refractivity contribution is 0.392. The van der Waals surface area contributed by atoms with Gasteiger partial charge in [-0.3, -0.25) is 0 Å². The van der Waals surface area contributed by atoms with Crippen molar-refractivity contribution in [1.29, 1.82) is 0 Å². The molecule has 5 heteroatoms. The van der Waals surface area contributed by atoms with Gasteiger partial charge in [0.15, 0.2) is 11.6 Å². The molecule has 0 N–H and O–H groups in total. The van der Waals surface area contributed by atoms with Gasteiger partial charge < -0.3 is 13.5 Å². The zero-order valence-corrected chi connectivity index (χ0v) is 12.6. The van der Waals surface area contributed by atoms with Gasteiger partial charge in [0, 0.05) is 24.4 Å². The Labute approximate surface area is 123 Å². The Morgan fingerprint density at radius 2 is 2.10 bits per heavy atom. The van der Waals surface area contributed by atoms with Crippen LogP contribution in [0.1, 0.15) is 36.1 Å². The Hall–Kier alpha value is -2.30. The zero-order chi connectivity index (χ0) is 14.8. The average Bonchev–Trinajstić information content (AvgIpc) is 3.16. The molecule has 21 heavy (non-hydrogen) atoms. The predicted molar refractivity (Wildman–Crippen MR) is 79.0 cm³/mol. The van der Waals surface area contributed by atoms with Crippen LogP contribution in [-0.2, 0) is 13.0 Å². The van der Waals surface area contributed by atoms with Crippen molar-refractivity contribution < 1.29 is 8.94 Å². The SMILES string of the molecule is CCCc1ccc(-c2nccn2Cc2c(C)noc2C)o1. The molecule has 0 aromatic carbocycles. The molecule has 110 valence electrons. The highest BCUT2D eigenvalue weighted by molar-refractivity contribution is 5.48. The van der Waals surface area contributed by atoms with Crippen LogP contribution >= 0.6 is 0 Å². The Bertz CT molecular complexity index is 717. The molecule has 3 heterocycles. The van der Waals surface area contributed by atoms with Crippen LogP contribution in [-0.4, -0.2) is 14.7 Å². The van der Waals surface area contributed by atoms with E-state index in [1.807, 2.05) is 32.2 Å². The lowest BCUT2D eigenvalue weighted by Gasteiger charge is -2.05. The Morgan fingerprint density at radius 3 is 2.81 bits per heavy atom. The average molecular weight is 285 g/mol. The minimum atomic E-state index is 0.681. The van der Waals surface area contributed by atoms with Crippen molar-refractivity contribution in [3.63, 3.8) is 0 Å². The van der Waals surface area contributed by atoms with Crippen molar-refractivity contribution in [3.8, 4) is 11.6 Å². The first-order valence-corrected chi connectivity index (χ1v) is 7.21. The van der Waals surface area contributed by atoms with E-state index in [0.717, 1.165) is 47.2 Å².